The first kappa shape index (κ1) is 63.7. The van der Waals surface area contributed by atoms with E-state index in [-0.39, 0.29) is 26.2 Å². The molecule has 0 saturated heterocycles. The summed E-state index contributed by atoms with van der Waals surface area (Å²) in [6.07, 6.45) is 66.3. The van der Waals surface area contributed by atoms with Crippen LogP contribution in [0.1, 0.15) is 213 Å². The molecule has 0 aromatic heterocycles. The van der Waals surface area contributed by atoms with Gasteiger partial charge in [0.2, 0.25) is 0 Å². The summed E-state index contributed by atoms with van der Waals surface area (Å²) in [4.78, 5) is 25.2. The highest BCUT2D eigenvalue weighted by Crippen LogP contribution is 2.38. The number of quaternary nitrogens is 1. The number of nitrogens with zero attached hydrogens (tertiary/aromatic N) is 1. The van der Waals surface area contributed by atoms with E-state index in [1.54, 1.807) is 0 Å². The lowest BCUT2D eigenvalue weighted by atomic mass is 10.0. The van der Waals surface area contributed by atoms with Crippen molar-refractivity contribution in [2.75, 3.05) is 54.1 Å². The second-order valence-electron chi connectivity index (χ2n) is 18.9. The standard InChI is InChI=1S/C57H102NO7P/c1-6-8-10-12-14-16-18-20-22-24-26-28-29-30-32-34-36-38-40-42-44-46-48-50-57(59)65-56(55-64-66(60,61)63-53-51-58(3,4)5)54-62-52-49-47-45-43-41-39-37-35-33-31-27-25-23-21-19-17-15-13-11-9-7-2/h8,10,14,16,20,22,26,28,30,32,36,38,42,44,56H,6-7,9,11-13,15,17-19,21,23-25,27,29,31,33-35,37,39-41,43,45-55H2,1-5H3/b10-8-,16-14-,22-20-,28-26-,32-30-,38-36-,44-42-. The summed E-state index contributed by atoms with van der Waals surface area (Å²) in [6.45, 7) is 5.24. The summed E-state index contributed by atoms with van der Waals surface area (Å²) in [5.41, 5.74) is 0. The van der Waals surface area contributed by atoms with Crippen LogP contribution in [-0.4, -0.2) is 70.7 Å². The molecule has 0 heterocycles. The van der Waals surface area contributed by atoms with Crippen molar-refractivity contribution in [2.24, 2.45) is 0 Å². The molecule has 0 rings (SSSR count). The Labute approximate surface area is 407 Å². The number of allylic oxidation sites excluding steroid dienone is 14. The van der Waals surface area contributed by atoms with Crippen LogP contribution in [0.25, 0.3) is 0 Å². The number of esters is 1. The molecule has 0 bridgehead atoms. The van der Waals surface area contributed by atoms with Gasteiger partial charge in [0, 0.05) is 13.0 Å². The van der Waals surface area contributed by atoms with Gasteiger partial charge >= 0.3 is 5.97 Å². The Balaban J connectivity index is 4.23. The molecule has 0 aliphatic rings. The van der Waals surface area contributed by atoms with E-state index >= 15 is 0 Å². The van der Waals surface area contributed by atoms with Crippen molar-refractivity contribution in [2.45, 2.75) is 219 Å². The lowest BCUT2D eigenvalue weighted by Crippen LogP contribution is -2.37. The second kappa shape index (κ2) is 49.1. The SMILES string of the molecule is CC/C=C\C/C=C\C/C=C\C/C=C\C/C=C\C/C=C\C/C=C\CCCC(=O)OC(COCCCCCCCCCCCCCCCCCCCCCCC)COP(=O)([O-])OCC[N+](C)(C)C. The maximum absolute atomic E-state index is 12.7. The van der Waals surface area contributed by atoms with Crippen LogP contribution in [0.3, 0.4) is 0 Å². The number of carbonyl (C=O) groups excluding carboxylic acids is 1. The quantitative estimate of drug-likeness (QED) is 0.0197. The third-order valence-electron chi connectivity index (χ3n) is 11.2. The van der Waals surface area contributed by atoms with Crippen molar-refractivity contribution in [3.63, 3.8) is 0 Å². The Morgan fingerprint density at radius 2 is 0.864 bits per heavy atom. The van der Waals surface area contributed by atoms with Crippen LogP contribution in [0.4, 0.5) is 0 Å². The highest BCUT2D eigenvalue weighted by atomic mass is 31.2. The first-order valence-corrected chi connectivity index (χ1v) is 28.3. The highest BCUT2D eigenvalue weighted by molar-refractivity contribution is 7.45. The number of phosphoric ester groups is 1. The summed E-state index contributed by atoms with van der Waals surface area (Å²) in [6, 6.07) is 0. The molecule has 0 aromatic carbocycles. The predicted molar refractivity (Wildman–Crippen MR) is 282 cm³/mol. The van der Waals surface area contributed by atoms with Crippen LogP contribution in [0.5, 0.6) is 0 Å². The molecule has 8 nitrogen and oxygen atoms in total. The largest absolute Gasteiger partial charge is 0.756 e. The average Bonchev–Trinajstić information content (AvgIpc) is 3.28. The molecular weight excluding hydrogens is 842 g/mol. The zero-order valence-electron chi connectivity index (χ0n) is 43.4. The van der Waals surface area contributed by atoms with Gasteiger partial charge in [0.1, 0.15) is 19.3 Å². The van der Waals surface area contributed by atoms with Crippen molar-refractivity contribution in [3.05, 3.63) is 85.1 Å². The van der Waals surface area contributed by atoms with Crippen molar-refractivity contribution < 1.29 is 37.3 Å². The molecule has 2 atom stereocenters. The molecule has 0 N–H and O–H groups in total. The maximum atomic E-state index is 12.7. The smallest absolute Gasteiger partial charge is 0.306 e. The predicted octanol–water partition coefficient (Wildman–Crippen LogP) is 16.1. The van der Waals surface area contributed by atoms with Crippen molar-refractivity contribution in [3.8, 4) is 0 Å². The Morgan fingerprint density at radius 3 is 1.26 bits per heavy atom. The van der Waals surface area contributed by atoms with Gasteiger partial charge in [-0.1, -0.05) is 227 Å². The zero-order valence-corrected chi connectivity index (χ0v) is 44.3. The monoisotopic (exact) mass is 944 g/mol. The first-order chi connectivity index (χ1) is 32.1. The Kier molecular flexibility index (Phi) is 47.4. The lowest BCUT2D eigenvalue weighted by Gasteiger charge is -2.28. The molecule has 0 spiro atoms. The van der Waals surface area contributed by atoms with Crippen molar-refractivity contribution in [1.82, 2.24) is 0 Å². The van der Waals surface area contributed by atoms with Crippen LogP contribution in [0.2, 0.25) is 0 Å². The number of hydrogen-bond donors (Lipinski definition) is 0. The molecule has 66 heavy (non-hydrogen) atoms. The number of carbonyl (C=O) groups is 1. The minimum absolute atomic E-state index is 0.0122. The minimum Gasteiger partial charge on any atom is -0.756 e. The Morgan fingerprint density at radius 1 is 0.485 bits per heavy atom. The normalized spacial score (nSPS) is 14.2. The van der Waals surface area contributed by atoms with E-state index in [9.17, 15) is 14.3 Å². The molecule has 0 amide bonds. The van der Waals surface area contributed by atoms with Crippen molar-refractivity contribution >= 4 is 13.8 Å². The molecule has 2 unspecified atom stereocenters. The summed E-state index contributed by atoms with van der Waals surface area (Å²) in [7, 11) is 1.31. The van der Waals surface area contributed by atoms with E-state index in [0.29, 0.717) is 24.1 Å². The maximum Gasteiger partial charge on any atom is 0.306 e. The molecule has 382 valence electrons. The van der Waals surface area contributed by atoms with Crippen LogP contribution >= 0.6 is 7.82 Å². The Bertz CT molecular complexity index is 1330. The van der Waals surface area contributed by atoms with Gasteiger partial charge in [-0.25, -0.2) is 0 Å². The van der Waals surface area contributed by atoms with Gasteiger partial charge in [0.15, 0.2) is 0 Å². The molecule has 0 saturated carbocycles. The van der Waals surface area contributed by atoms with E-state index in [1.807, 2.05) is 21.1 Å². The van der Waals surface area contributed by atoms with Gasteiger partial charge in [-0.15, -0.1) is 0 Å². The molecule has 0 aromatic rings. The number of rotatable bonds is 49. The molecule has 9 heteroatoms. The van der Waals surface area contributed by atoms with Gasteiger partial charge in [-0.2, -0.15) is 0 Å². The van der Waals surface area contributed by atoms with Crippen LogP contribution in [0, 0.1) is 0 Å². The fourth-order valence-electron chi connectivity index (χ4n) is 7.12. The number of ether oxygens (including phenoxy) is 2. The highest BCUT2D eigenvalue weighted by Gasteiger charge is 2.20. The van der Waals surface area contributed by atoms with E-state index in [2.05, 4.69) is 98.9 Å². The van der Waals surface area contributed by atoms with Crippen LogP contribution < -0.4 is 4.89 Å². The van der Waals surface area contributed by atoms with E-state index in [1.165, 1.54) is 122 Å². The summed E-state index contributed by atoms with van der Waals surface area (Å²) in [5.74, 6) is -0.390. The third-order valence-corrected chi connectivity index (χ3v) is 12.2. The number of phosphoric acid groups is 1. The van der Waals surface area contributed by atoms with Gasteiger partial charge < -0.3 is 27.9 Å². The molecule has 0 aliphatic carbocycles. The number of hydrogen-bond acceptors (Lipinski definition) is 7. The number of unbranched alkanes of at least 4 members (excludes halogenated alkanes) is 21. The van der Waals surface area contributed by atoms with Gasteiger partial charge in [-0.3, -0.25) is 9.36 Å². The molecular formula is C57H102NO7P. The summed E-state index contributed by atoms with van der Waals surface area (Å²) in [5, 5.41) is 0. The first-order valence-electron chi connectivity index (χ1n) is 26.8. The van der Waals surface area contributed by atoms with Gasteiger partial charge in [0.25, 0.3) is 7.82 Å². The van der Waals surface area contributed by atoms with E-state index < -0.39 is 19.9 Å². The zero-order chi connectivity index (χ0) is 48.3. The topological polar surface area (TPSA) is 94.1 Å². The number of likely N-dealkylation sites (N-methyl/N-ethyl adjacent to an activating group) is 1. The molecule has 0 radical (unpaired) electrons. The van der Waals surface area contributed by atoms with Crippen LogP contribution in [-0.2, 0) is 27.9 Å². The van der Waals surface area contributed by atoms with E-state index in [0.717, 1.165) is 64.2 Å². The lowest BCUT2D eigenvalue weighted by molar-refractivity contribution is -0.870. The van der Waals surface area contributed by atoms with Gasteiger partial charge in [-0.05, 0) is 64.2 Å². The summed E-state index contributed by atoms with van der Waals surface area (Å²) >= 11 is 0. The van der Waals surface area contributed by atoms with Gasteiger partial charge in [0.05, 0.1) is 34.4 Å². The fraction of sp³-hybridized carbons (Fsp3) is 0.737. The van der Waals surface area contributed by atoms with Crippen LogP contribution in [0.15, 0.2) is 85.1 Å². The minimum atomic E-state index is -4.55. The van der Waals surface area contributed by atoms with E-state index in [4.69, 9.17) is 18.5 Å². The summed E-state index contributed by atoms with van der Waals surface area (Å²) < 4.78 is 34.7. The Hall–Kier alpha value is -2.32. The molecule has 0 aliphatic heterocycles. The second-order valence-corrected chi connectivity index (χ2v) is 20.3. The average molecular weight is 944 g/mol. The fourth-order valence-corrected chi connectivity index (χ4v) is 7.85. The molecule has 0 fully saturated rings. The van der Waals surface area contributed by atoms with Crippen molar-refractivity contribution in [1.29, 1.82) is 0 Å². The third kappa shape index (κ3) is 52.6.